The second-order valence-corrected chi connectivity index (χ2v) is 9.02. The largest absolute Gasteiger partial charge is 0.237 e. The Morgan fingerprint density at radius 1 is 0.556 bits per heavy atom. The lowest BCUT2D eigenvalue weighted by Gasteiger charge is -2.14. The molecule has 4 aromatic heterocycles. The molecule has 0 spiro atoms. The first-order valence-electron chi connectivity index (χ1n) is 11.5. The summed E-state index contributed by atoms with van der Waals surface area (Å²) in [7, 11) is 0. The first kappa shape index (κ1) is 23.9. The molecular formula is C30H22Cl2N4. The van der Waals surface area contributed by atoms with Crippen molar-refractivity contribution in [2.24, 2.45) is 0 Å². The molecule has 0 bridgehead atoms. The molecule has 0 fully saturated rings. The highest BCUT2D eigenvalue weighted by Gasteiger charge is 2.15. The summed E-state index contributed by atoms with van der Waals surface area (Å²) in [6.07, 6.45) is 3.46. The van der Waals surface area contributed by atoms with Crippen molar-refractivity contribution in [2.45, 2.75) is 13.8 Å². The molecule has 0 saturated heterocycles. The molecule has 6 aromatic rings. The van der Waals surface area contributed by atoms with E-state index in [1.165, 1.54) is 16.7 Å². The van der Waals surface area contributed by atoms with E-state index in [0.29, 0.717) is 15.8 Å². The van der Waals surface area contributed by atoms with E-state index in [1.54, 1.807) is 12.4 Å². The van der Waals surface area contributed by atoms with Gasteiger partial charge in [-0.1, -0.05) is 83.9 Å². The summed E-state index contributed by atoms with van der Waals surface area (Å²) in [6.45, 7) is 3.98. The standard InChI is InChI=1S/C21H16N2.C9H6Cl2N2/c1-15-19(16-9-4-2-5-10-16)18-13-8-14-22-21(18)23-20(15)17-11-6-3-7-12-17;1-5-7(10)6-3-2-4-12-9(6)13-8(5)11/h2-14H,1H3;2-4H,1H3. The second-order valence-electron chi connectivity index (χ2n) is 8.28. The van der Waals surface area contributed by atoms with E-state index < -0.39 is 0 Å². The predicted octanol–water partition coefficient (Wildman–Crippen LogP) is 8.52. The van der Waals surface area contributed by atoms with Crippen molar-refractivity contribution in [3.8, 4) is 22.4 Å². The topological polar surface area (TPSA) is 51.6 Å². The number of hydrogen-bond acceptors (Lipinski definition) is 4. The zero-order chi connectivity index (χ0) is 25.1. The van der Waals surface area contributed by atoms with E-state index in [9.17, 15) is 0 Å². The zero-order valence-electron chi connectivity index (χ0n) is 19.8. The Morgan fingerprint density at radius 3 is 1.75 bits per heavy atom. The molecule has 4 heterocycles. The van der Waals surface area contributed by atoms with Gasteiger partial charge in [0.25, 0.3) is 0 Å². The van der Waals surface area contributed by atoms with Crippen LogP contribution in [0.15, 0.2) is 97.3 Å². The third-order valence-electron chi connectivity index (χ3n) is 5.98. The molecule has 36 heavy (non-hydrogen) atoms. The molecule has 4 nitrogen and oxygen atoms in total. The van der Waals surface area contributed by atoms with Gasteiger partial charge in [0.05, 0.1) is 10.7 Å². The van der Waals surface area contributed by atoms with Crippen molar-refractivity contribution < 1.29 is 0 Å². The number of nitrogens with zero attached hydrogens (tertiary/aromatic N) is 4. The summed E-state index contributed by atoms with van der Waals surface area (Å²) in [6, 6.07) is 28.5. The molecule has 0 radical (unpaired) electrons. The van der Waals surface area contributed by atoms with Crippen LogP contribution >= 0.6 is 23.2 Å². The van der Waals surface area contributed by atoms with Gasteiger partial charge in [0.1, 0.15) is 5.15 Å². The molecule has 6 rings (SSSR count). The van der Waals surface area contributed by atoms with E-state index in [0.717, 1.165) is 33.2 Å². The lowest BCUT2D eigenvalue weighted by Crippen LogP contribution is -1.96. The SMILES string of the molecule is Cc1c(-c2ccccc2)nc2ncccc2c1-c1ccccc1.Cc1c(Cl)nc2ncccc2c1Cl. The van der Waals surface area contributed by atoms with E-state index in [1.807, 2.05) is 49.4 Å². The molecule has 0 aliphatic carbocycles. The summed E-state index contributed by atoms with van der Waals surface area (Å²) in [5.74, 6) is 0. The van der Waals surface area contributed by atoms with E-state index >= 15 is 0 Å². The van der Waals surface area contributed by atoms with Crippen molar-refractivity contribution in [3.63, 3.8) is 0 Å². The number of aromatic nitrogens is 4. The Labute approximate surface area is 219 Å². The Hall–Kier alpha value is -3.86. The Bertz CT molecular complexity index is 1670. The highest BCUT2D eigenvalue weighted by Crippen LogP contribution is 2.35. The molecule has 0 unspecified atom stereocenters. The fourth-order valence-corrected chi connectivity index (χ4v) is 4.63. The average molecular weight is 509 g/mol. The van der Waals surface area contributed by atoms with Crippen molar-refractivity contribution in [1.82, 2.24) is 19.9 Å². The fraction of sp³-hybridized carbons (Fsp3) is 0.0667. The average Bonchev–Trinajstić information content (AvgIpc) is 2.93. The van der Waals surface area contributed by atoms with Crippen LogP contribution in [0.3, 0.4) is 0 Å². The molecule has 0 aliphatic heterocycles. The molecule has 0 N–H and O–H groups in total. The van der Waals surface area contributed by atoms with Crippen molar-refractivity contribution in [3.05, 3.63) is 119 Å². The number of fused-ring (bicyclic) bond motifs is 2. The van der Waals surface area contributed by atoms with Gasteiger partial charge in [0, 0.05) is 34.3 Å². The Morgan fingerprint density at radius 2 is 1.11 bits per heavy atom. The molecule has 0 aliphatic rings. The van der Waals surface area contributed by atoms with Gasteiger partial charge in [-0.25, -0.2) is 19.9 Å². The number of rotatable bonds is 2. The minimum Gasteiger partial charge on any atom is -0.237 e. The number of pyridine rings is 4. The third-order valence-corrected chi connectivity index (χ3v) is 6.83. The maximum atomic E-state index is 6.07. The minimum absolute atomic E-state index is 0.413. The first-order chi connectivity index (χ1) is 17.5. The Balaban J connectivity index is 0.000000174. The molecule has 176 valence electrons. The normalized spacial score (nSPS) is 10.8. The van der Waals surface area contributed by atoms with Gasteiger partial charge in [-0.15, -0.1) is 0 Å². The van der Waals surface area contributed by atoms with Gasteiger partial charge >= 0.3 is 0 Å². The van der Waals surface area contributed by atoms with Gasteiger partial charge in [-0.2, -0.15) is 0 Å². The van der Waals surface area contributed by atoms with Gasteiger partial charge in [0.15, 0.2) is 11.3 Å². The maximum Gasteiger partial charge on any atom is 0.162 e. The van der Waals surface area contributed by atoms with Crippen LogP contribution in [0.4, 0.5) is 0 Å². The highest BCUT2D eigenvalue weighted by atomic mass is 35.5. The van der Waals surface area contributed by atoms with Crippen LogP contribution in [0.5, 0.6) is 0 Å². The lowest BCUT2D eigenvalue weighted by atomic mass is 9.94. The molecule has 6 heteroatoms. The minimum atomic E-state index is 0.413. The van der Waals surface area contributed by atoms with Crippen molar-refractivity contribution in [2.75, 3.05) is 0 Å². The number of hydrogen-bond donors (Lipinski definition) is 0. The van der Waals surface area contributed by atoms with Gasteiger partial charge in [-0.05, 0) is 54.8 Å². The van der Waals surface area contributed by atoms with Gasteiger partial charge < -0.3 is 0 Å². The predicted molar refractivity (Wildman–Crippen MR) is 149 cm³/mol. The smallest absolute Gasteiger partial charge is 0.162 e. The molecule has 0 saturated carbocycles. The quantitative estimate of drug-likeness (QED) is 0.220. The molecule has 2 aromatic carbocycles. The van der Waals surface area contributed by atoms with Crippen LogP contribution in [0.1, 0.15) is 11.1 Å². The third kappa shape index (κ3) is 4.66. The van der Waals surface area contributed by atoms with Crippen molar-refractivity contribution >= 4 is 45.3 Å². The summed E-state index contributed by atoms with van der Waals surface area (Å²) < 4.78 is 0. The fourth-order valence-electron chi connectivity index (χ4n) is 4.17. The summed E-state index contributed by atoms with van der Waals surface area (Å²) in [5.41, 5.74) is 7.88. The first-order valence-corrected chi connectivity index (χ1v) is 12.2. The van der Waals surface area contributed by atoms with E-state index in [4.69, 9.17) is 28.2 Å². The number of benzene rings is 2. The van der Waals surface area contributed by atoms with Gasteiger partial charge in [-0.3, -0.25) is 0 Å². The summed E-state index contributed by atoms with van der Waals surface area (Å²) >= 11 is 11.9. The van der Waals surface area contributed by atoms with Crippen LogP contribution in [0, 0.1) is 13.8 Å². The van der Waals surface area contributed by atoms with Crippen LogP contribution in [0.25, 0.3) is 44.5 Å². The van der Waals surface area contributed by atoms with Crippen LogP contribution < -0.4 is 0 Å². The molecular weight excluding hydrogens is 487 g/mol. The maximum absolute atomic E-state index is 6.07. The molecule has 0 amide bonds. The lowest BCUT2D eigenvalue weighted by molar-refractivity contribution is 1.26. The van der Waals surface area contributed by atoms with Crippen LogP contribution in [-0.4, -0.2) is 19.9 Å². The van der Waals surface area contributed by atoms with Crippen LogP contribution in [0.2, 0.25) is 10.2 Å². The summed E-state index contributed by atoms with van der Waals surface area (Å²) in [4.78, 5) is 17.5. The second kappa shape index (κ2) is 10.4. The Kier molecular flexibility index (Phi) is 6.90. The van der Waals surface area contributed by atoms with E-state index in [2.05, 4.69) is 64.3 Å². The van der Waals surface area contributed by atoms with E-state index in [-0.39, 0.29) is 0 Å². The molecule has 0 atom stereocenters. The monoisotopic (exact) mass is 508 g/mol. The van der Waals surface area contributed by atoms with Crippen LogP contribution in [-0.2, 0) is 0 Å². The number of halogens is 2. The van der Waals surface area contributed by atoms with Gasteiger partial charge in [0.2, 0.25) is 0 Å². The van der Waals surface area contributed by atoms with Crippen molar-refractivity contribution in [1.29, 1.82) is 0 Å². The summed E-state index contributed by atoms with van der Waals surface area (Å²) in [5, 5.41) is 2.97. The highest BCUT2D eigenvalue weighted by molar-refractivity contribution is 6.38. The zero-order valence-corrected chi connectivity index (χ0v) is 21.3.